The van der Waals surface area contributed by atoms with Crippen molar-refractivity contribution in [1.29, 1.82) is 0 Å². The number of hydrogen-bond acceptors (Lipinski definition) is 2. The summed E-state index contributed by atoms with van der Waals surface area (Å²) in [7, 11) is 0. The minimum Gasteiger partial charge on any atom is -0.393 e. The zero-order valence-corrected chi connectivity index (χ0v) is 11.0. The maximum atomic E-state index is 10.9. The van der Waals surface area contributed by atoms with Crippen LogP contribution in [-0.2, 0) is 5.60 Å². The number of aliphatic hydroxyl groups is 2. The predicted molar refractivity (Wildman–Crippen MR) is 80.5 cm³/mol. The summed E-state index contributed by atoms with van der Waals surface area (Å²) >= 11 is 0. The van der Waals surface area contributed by atoms with Crippen molar-refractivity contribution in [3.05, 3.63) is 83.9 Å². The minimum absolute atomic E-state index is 0.352. The molecule has 0 fully saturated rings. The Morgan fingerprint density at radius 1 is 0.700 bits per heavy atom. The second-order valence-electron chi connectivity index (χ2n) is 4.95. The summed E-state index contributed by atoms with van der Waals surface area (Å²) < 4.78 is 0. The van der Waals surface area contributed by atoms with Crippen molar-refractivity contribution < 1.29 is 10.2 Å². The summed E-state index contributed by atoms with van der Waals surface area (Å²) in [6.07, 6.45) is 0. The van der Waals surface area contributed by atoms with Crippen molar-refractivity contribution in [3.8, 4) is 0 Å². The Bertz CT molecular complexity index is 722. The molecule has 100 valence electrons. The zero-order chi connectivity index (χ0) is 14.0. The van der Waals surface area contributed by atoms with Crippen LogP contribution in [0.3, 0.4) is 0 Å². The molecule has 0 aliphatic heterocycles. The molecule has 0 aliphatic rings. The van der Waals surface area contributed by atoms with Crippen molar-refractivity contribution in [2.75, 3.05) is 6.61 Å². The van der Waals surface area contributed by atoms with Crippen molar-refractivity contribution in [2.45, 2.75) is 5.60 Å². The van der Waals surface area contributed by atoms with E-state index in [1.165, 1.54) is 0 Å². The highest BCUT2D eigenvalue weighted by atomic mass is 16.3. The first-order chi connectivity index (χ1) is 9.74. The molecule has 3 aromatic rings. The van der Waals surface area contributed by atoms with Crippen LogP contribution in [0.2, 0.25) is 0 Å². The van der Waals surface area contributed by atoms with Crippen LogP contribution in [0.15, 0.2) is 72.8 Å². The van der Waals surface area contributed by atoms with Gasteiger partial charge in [-0.25, -0.2) is 0 Å². The Morgan fingerprint density at radius 2 is 1.35 bits per heavy atom. The molecule has 0 saturated carbocycles. The topological polar surface area (TPSA) is 40.5 Å². The van der Waals surface area contributed by atoms with E-state index in [0.29, 0.717) is 11.1 Å². The molecule has 0 radical (unpaired) electrons. The lowest BCUT2D eigenvalue weighted by Gasteiger charge is -2.27. The fourth-order valence-corrected chi connectivity index (χ4v) is 2.51. The molecular weight excluding hydrogens is 248 g/mol. The average Bonchev–Trinajstić information content (AvgIpc) is 2.54. The molecule has 0 bridgehead atoms. The van der Waals surface area contributed by atoms with Crippen LogP contribution in [0, 0.1) is 0 Å². The van der Waals surface area contributed by atoms with E-state index >= 15 is 0 Å². The first-order valence-corrected chi connectivity index (χ1v) is 6.62. The van der Waals surface area contributed by atoms with E-state index in [1.54, 1.807) is 0 Å². The normalized spacial score (nSPS) is 14.1. The molecule has 0 aliphatic carbocycles. The third-order valence-corrected chi connectivity index (χ3v) is 3.71. The molecule has 2 N–H and O–H groups in total. The number of hydrogen-bond donors (Lipinski definition) is 2. The Labute approximate surface area is 117 Å². The van der Waals surface area contributed by atoms with E-state index in [2.05, 4.69) is 0 Å². The zero-order valence-electron chi connectivity index (χ0n) is 11.0. The minimum atomic E-state index is -1.37. The molecule has 0 aromatic heterocycles. The molecule has 0 amide bonds. The number of fused-ring (bicyclic) bond motifs is 1. The highest BCUT2D eigenvalue weighted by Crippen LogP contribution is 2.31. The maximum Gasteiger partial charge on any atom is 0.138 e. The van der Waals surface area contributed by atoms with E-state index in [9.17, 15) is 10.2 Å². The molecule has 2 heteroatoms. The number of rotatable bonds is 3. The van der Waals surface area contributed by atoms with Gasteiger partial charge in [-0.05, 0) is 28.0 Å². The van der Waals surface area contributed by atoms with Crippen LogP contribution in [0.5, 0.6) is 0 Å². The molecule has 2 nitrogen and oxygen atoms in total. The second kappa shape index (κ2) is 5.08. The molecule has 3 rings (SSSR count). The summed E-state index contributed by atoms with van der Waals surface area (Å²) in [5.74, 6) is 0. The fourth-order valence-electron chi connectivity index (χ4n) is 2.51. The van der Waals surface area contributed by atoms with Gasteiger partial charge in [0.05, 0.1) is 6.61 Å². The standard InChI is InChI=1S/C18H16O2/c19-13-18(20,16-8-2-1-3-9-16)17-11-10-14-6-4-5-7-15(14)12-17/h1-12,19-20H,13H2/t18-/m1/s1. The smallest absolute Gasteiger partial charge is 0.138 e. The van der Waals surface area contributed by atoms with Gasteiger partial charge in [-0.3, -0.25) is 0 Å². The molecular formula is C18H16O2. The van der Waals surface area contributed by atoms with Gasteiger partial charge in [0.2, 0.25) is 0 Å². The second-order valence-corrected chi connectivity index (χ2v) is 4.95. The molecule has 1 atom stereocenters. The van der Waals surface area contributed by atoms with Gasteiger partial charge in [0, 0.05) is 0 Å². The number of benzene rings is 3. The van der Waals surface area contributed by atoms with Gasteiger partial charge in [0.1, 0.15) is 5.60 Å². The highest BCUT2D eigenvalue weighted by Gasteiger charge is 2.30. The first-order valence-electron chi connectivity index (χ1n) is 6.62. The van der Waals surface area contributed by atoms with Crippen molar-refractivity contribution >= 4 is 10.8 Å². The molecule has 0 spiro atoms. The average molecular weight is 264 g/mol. The number of aliphatic hydroxyl groups excluding tert-OH is 1. The lowest BCUT2D eigenvalue weighted by Crippen LogP contribution is -2.31. The Morgan fingerprint density at radius 3 is 2.05 bits per heavy atom. The van der Waals surface area contributed by atoms with Gasteiger partial charge < -0.3 is 10.2 Å². The predicted octanol–water partition coefficient (Wildman–Crippen LogP) is 3.07. The SMILES string of the molecule is OC[C@@](O)(c1ccccc1)c1ccc2ccccc2c1. The molecule has 20 heavy (non-hydrogen) atoms. The summed E-state index contributed by atoms with van der Waals surface area (Å²) in [6.45, 7) is -0.352. The summed E-state index contributed by atoms with van der Waals surface area (Å²) in [4.78, 5) is 0. The van der Waals surface area contributed by atoms with E-state index in [1.807, 2.05) is 72.8 Å². The van der Waals surface area contributed by atoms with Crippen LogP contribution < -0.4 is 0 Å². The van der Waals surface area contributed by atoms with Crippen LogP contribution >= 0.6 is 0 Å². The van der Waals surface area contributed by atoms with E-state index in [4.69, 9.17) is 0 Å². The monoisotopic (exact) mass is 264 g/mol. The summed E-state index contributed by atoms with van der Waals surface area (Å²) in [5, 5.41) is 22.8. The van der Waals surface area contributed by atoms with Crippen LogP contribution in [0.25, 0.3) is 10.8 Å². The Balaban J connectivity index is 2.16. The van der Waals surface area contributed by atoms with Crippen LogP contribution in [0.4, 0.5) is 0 Å². The summed E-state index contributed by atoms with van der Waals surface area (Å²) in [5.41, 5.74) is 0.0216. The van der Waals surface area contributed by atoms with Crippen molar-refractivity contribution in [2.24, 2.45) is 0 Å². The Hall–Kier alpha value is -2.16. The molecule has 3 aromatic carbocycles. The Kier molecular flexibility index (Phi) is 3.26. The lowest BCUT2D eigenvalue weighted by molar-refractivity contribution is 0.0174. The lowest BCUT2D eigenvalue weighted by atomic mass is 9.86. The molecule has 0 unspecified atom stereocenters. The van der Waals surface area contributed by atoms with Gasteiger partial charge in [0.25, 0.3) is 0 Å². The third kappa shape index (κ3) is 2.09. The largest absolute Gasteiger partial charge is 0.393 e. The van der Waals surface area contributed by atoms with Gasteiger partial charge in [0.15, 0.2) is 0 Å². The molecule has 0 saturated heterocycles. The van der Waals surface area contributed by atoms with E-state index < -0.39 is 5.60 Å². The highest BCUT2D eigenvalue weighted by molar-refractivity contribution is 5.83. The first kappa shape index (κ1) is 12.9. The van der Waals surface area contributed by atoms with Crippen molar-refractivity contribution in [1.82, 2.24) is 0 Å². The van der Waals surface area contributed by atoms with Gasteiger partial charge >= 0.3 is 0 Å². The fraction of sp³-hybridized carbons (Fsp3) is 0.111. The quantitative estimate of drug-likeness (QED) is 0.763. The summed E-state index contributed by atoms with van der Waals surface area (Å²) in [6, 6.07) is 23.0. The molecule has 0 heterocycles. The van der Waals surface area contributed by atoms with E-state index in [-0.39, 0.29) is 6.61 Å². The maximum absolute atomic E-state index is 10.9. The van der Waals surface area contributed by atoms with Crippen LogP contribution in [-0.4, -0.2) is 16.8 Å². The van der Waals surface area contributed by atoms with E-state index in [0.717, 1.165) is 10.8 Å². The van der Waals surface area contributed by atoms with Crippen molar-refractivity contribution in [3.63, 3.8) is 0 Å². The third-order valence-electron chi connectivity index (χ3n) is 3.71. The van der Waals surface area contributed by atoms with Gasteiger partial charge in [-0.15, -0.1) is 0 Å². The van der Waals surface area contributed by atoms with Gasteiger partial charge in [-0.1, -0.05) is 66.7 Å². The van der Waals surface area contributed by atoms with Gasteiger partial charge in [-0.2, -0.15) is 0 Å². The van der Waals surface area contributed by atoms with Crippen LogP contribution in [0.1, 0.15) is 11.1 Å².